The third-order valence-corrected chi connectivity index (χ3v) is 12.8. The summed E-state index contributed by atoms with van der Waals surface area (Å²) in [7, 11) is 0. The largest absolute Gasteiger partial charge is 0.510 e. The molecule has 0 amide bonds. The van der Waals surface area contributed by atoms with Crippen LogP contribution in [0, 0.1) is 18.5 Å². The van der Waals surface area contributed by atoms with Crippen molar-refractivity contribution >= 4 is 21.8 Å². The molecule has 0 spiro atoms. The molecule has 0 fully saturated rings. The quantitative estimate of drug-likeness (QED) is 0.107. The maximum absolute atomic E-state index is 6.85. The second-order valence-corrected chi connectivity index (χ2v) is 19.9. The summed E-state index contributed by atoms with van der Waals surface area (Å²) >= 11 is 0. The fourth-order valence-corrected chi connectivity index (χ4v) is 8.95. The molecular formula is C61H54N4OPt-2. The molecule has 0 radical (unpaired) electrons. The van der Waals surface area contributed by atoms with Crippen molar-refractivity contribution in [2.75, 3.05) is 0 Å². The van der Waals surface area contributed by atoms with Gasteiger partial charge in [0.2, 0.25) is 0 Å². The first-order valence-electron chi connectivity index (χ1n) is 22.8. The summed E-state index contributed by atoms with van der Waals surface area (Å²) in [5.74, 6) is 2.00. The molecule has 0 aliphatic rings. The van der Waals surface area contributed by atoms with Crippen LogP contribution in [-0.4, -0.2) is 14.1 Å². The van der Waals surface area contributed by atoms with E-state index >= 15 is 0 Å². The number of fused-ring (bicyclic) bond motifs is 3. The summed E-state index contributed by atoms with van der Waals surface area (Å²) in [6.45, 7) is 18.1. The Labute approximate surface area is 409 Å². The van der Waals surface area contributed by atoms with E-state index < -0.39 is 0 Å². The Morgan fingerprint density at radius 2 is 1.16 bits per heavy atom. The van der Waals surface area contributed by atoms with Crippen molar-refractivity contribution in [3.05, 3.63) is 223 Å². The fourth-order valence-electron chi connectivity index (χ4n) is 8.95. The molecule has 6 heteroatoms. The molecule has 0 atom stereocenters. The molecular weight excluding hydrogens is 1000 g/mol. The third kappa shape index (κ3) is 8.94. The number of rotatable bonds is 9. The predicted octanol–water partition coefficient (Wildman–Crippen LogP) is 14.7. The fraction of sp³-hybridized carbons (Fsp3) is 0.180. The van der Waals surface area contributed by atoms with E-state index in [2.05, 4.69) is 251 Å². The molecule has 0 N–H and O–H groups in total. The van der Waals surface area contributed by atoms with Gasteiger partial charge in [-0.15, -0.1) is 35.2 Å². The minimum Gasteiger partial charge on any atom is -0.510 e. The molecule has 0 aliphatic carbocycles. The Balaban J connectivity index is 0.00000562. The molecule has 67 heavy (non-hydrogen) atoms. The number of benzene rings is 7. The van der Waals surface area contributed by atoms with Gasteiger partial charge in [-0.2, -0.15) is 12.1 Å². The Morgan fingerprint density at radius 3 is 1.84 bits per heavy atom. The standard InChI is InChI=1S/C61H54N4O.Pt/c1-59(2,3)47-30-31-62-58(37-47)65-55-27-19-18-26-53(55)54-29-28-51(39-56(54)65)66-52-35-45(43-22-14-10-15-23-43)33-49(38-52)63-40-57(60(4,5)6)64(41-63)50-34-44(42-20-12-9-13-21-42)32-48(36-50)61(7,8)46-24-16-11-17-25-46;/h9-37,40H,1-8H3;/q-2;. The molecule has 0 saturated carbocycles. The predicted molar refractivity (Wildman–Crippen MR) is 269 cm³/mol. The van der Waals surface area contributed by atoms with Crippen molar-refractivity contribution in [3.8, 4) is 50.9 Å². The first-order chi connectivity index (χ1) is 31.7. The van der Waals surface area contributed by atoms with E-state index in [-0.39, 0.29) is 37.3 Å². The first kappa shape index (κ1) is 45.3. The average molecular weight is 1050 g/mol. The Morgan fingerprint density at radius 1 is 0.522 bits per heavy atom. The van der Waals surface area contributed by atoms with Gasteiger partial charge in [-0.3, -0.25) is 4.57 Å². The van der Waals surface area contributed by atoms with Gasteiger partial charge in [-0.25, -0.2) is 4.98 Å². The van der Waals surface area contributed by atoms with Crippen LogP contribution >= 0.6 is 0 Å². The van der Waals surface area contributed by atoms with Crippen LogP contribution in [-0.2, 0) is 37.3 Å². The van der Waals surface area contributed by atoms with Crippen molar-refractivity contribution in [1.29, 1.82) is 0 Å². The minimum atomic E-state index is -0.267. The van der Waals surface area contributed by atoms with Gasteiger partial charge in [0.25, 0.3) is 6.33 Å². The van der Waals surface area contributed by atoms with Crippen molar-refractivity contribution < 1.29 is 30.4 Å². The zero-order valence-electron chi connectivity index (χ0n) is 39.3. The van der Waals surface area contributed by atoms with Crippen LogP contribution < -0.4 is 9.30 Å². The van der Waals surface area contributed by atoms with Gasteiger partial charge in [0, 0.05) is 55.9 Å². The van der Waals surface area contributed by atoms with Crippen molar-refractivity contribution in [1.82, 2.24) is 14.1 Å². The Kier molecular flexibility index (Phi) is 12.0. The van der Waals surface area contributed by atoms with Crippen molar-refractivity contribution in [2.24, 2.45) is 0 Å². The van der Waals surface area contributed by atoms with Crippen LogP contribution in [0.5, 0.6) is 11.5 Å². The van der Waals surface area contributed by atoms with Crippen molar-refractivity contribution in [3.63, 3.8) is 0 Å². The molecule has 0 aliphatic heterocycles. The van der Waals surface area contributed by atoms with E-state index in [0.717, 1.165) is 66.9 Å². The zero-order valence-corrected chi connectivity index (χ0v) is 41.6. The summed E-state index contributed by atoms with van der Waals surface area (Å²) in [6, 6.07) is 67.2. The molecule has 0 saturated heterocycles. The van der Waals surface area contributed by atoms with Gasteiger partial charge >= 0.3 is 0 Å². The monoisotopic (exact) mass is 1050 g/mol. The topological polar surface area (TPSA) is 35.9 Å². The maximum atomic E-state index is 6.85. The zero-order chi connectivity index (χ0) is 45.8. The normalized spacial score (nSPS) is 12.1. The van der Waals surface area contributed by atoms with Crippen LogP contribution in [0.15, 0.2) is 182 Å². The molecule has 3 heterocycles. The van der Waals surface area contributed by atoms with Gasteiger partial charge in [0.1, 0.15) is 5.82 Å². The summed E-state index contributed by atoms with van der Waals surface area (Å²) < 4.78 is 13.3. The van der Waals surface area contributed by atoms with Gasteiger partial charge in [0.15, 0.2) is 0 Å². The van der Waals surface area contributed by atoms with E-state index in [4.69, 9.17) is 9.72 Å². The SMILES string of the molecule is CC(C)(C)c1ccnc(-n2c3[c-]c(Oc4[c-]c(-n5[c-][n+](-c6cc(-c7ccccc7)cc(C(C)(C)c7ccccc7)c6)c(C(C)(C)C)c5)cc(-c5ccccc5)c4)ccc3c3ccccc32)c1.[Pt]. The number of ether oxygens (including phenoxy) is 1. The second-order valence-electron chi connectivity index (χ2n) is 19.9. The summed E-state index contributed by atoms with van der Waals surface area (Å²) in [6.07, 6.45) is 7.89. The van der Waals surface area contributed by atoms with Gasteiger partial charge in [0.05, 0.1) is 11.4 Å². The summed E-state index contributed by atoms with van der Waals surface area (Å²) in [5, 5.41) is 2.21. The van der Waals surface area contributed by atoms with Crippen LogP contribution in [0.4, 0.5) is 0 Å². The molecule has 3 aromatic heterocycles. The first-order valence-corrected chi connectivity index (χ1v) is 22.8. The van der Waals surface area contributed by atoms with Gasteiger partial charge in [-0.1, -0.05) is 176 Å². The minimum absolute atomic E-state index is 0. The molecule has 10 aromatic rings. The number of hydrogen-bond acceptors (Lipinski definition) is 2. The molecule has 0 bridgehead atoms. The average Bonchev–Trinajstić information content (AvgIpc) is 3.93. The van der Waals surface area contributed by atoms with Gasteiger partial charge < -0.3 is 13.9 Å². The van der Waals surface area contributed by atoms with E-state index in [1.54, 1.807) is 0 Å². The van der Waals surface area contributed by atoms with E-state index in [0.29, 0.717) is 11.5 Å². The molecule has 10 rings (SSSR count). The van der Waals surface area contributed by atoms with Crippen LogP contribution in [0.1, 0.15) is 77.8 Å². The number of aromatic nitrogens is 4. The van der Waals surface area contributed by atoms with E-state index in [1.165, 1.54) is 16.7 Å². The van der Waals surface area contributed by atoms with Crippen LogP contribution in [0.2, 0.25) is 0 Å². The van der Waals surface area contributed by atoms with E-state index in [1.807, 2.05) is 18.3 Å². The molecule has 336 valence electrons. The van der Waals surface area contributed by atoms with E-state index in [9.17, 15) is 0 Å². The number of hydrogen-bond donors (Lipinski definition) is 0. The number of para-hydroxylation sites is 1. The van der Waals surface area contributed by atoms with Crippen LogP contribution in [0.25, 0.3) is 61.3 Å². The molecule has 0 unspecified atom stereocenters. The Bertz CT molecular complexity index is 3370. The number of pyridine rings is 1. The number of nitrogens with zero attached hydrogens (tertiary/aromatic N) is 4. The Hall–Kier alpha value is -6.81. The summed E-state index contributed by atoms with van der Waals surface area (Å²) in [5.41, 5.74) is 12.4. The van der Waals surface area contributed by atoms with Crippen LogP contribution in [0.3, 0.4) is 0 Å². The van der Waals surface area contributed by atoms with Crippen molar-refractivity contribution in [2.45, 2.75) is 71.6 Å². The smallest absolute Gasteiger partial charge is 0.267 e. The molecule has 7 aromatic carbocycles. The third-order valence-electron chi connectivity index (χ3n) is 12.8. The maximum Gasteiger partial charge on any atom is 0.267 e. The summed E-state index contributed by atoms with van der Waals surface area (Å²) in [4.78, 5) is 4.89. The van der Waals surface area contributed by atoms with Gasteiger partial charge in [-0.05, 0) is 85.6 Å². The second kappa shape index (κ2) is 17.8. The molecule has 5 nitrogen and oxygen atoms in total. The number of imidazole rings is 1.